The fourth-order valence-corrected chi connectivity index (χ4v) is 3.53. The average molecular weight is 349 g/mol. The second-order valence-corrected chi connectivity index (χ2v) is 6.25. The summed E-state index contributed by atoms with van der Waals surface area (Å²) in [5, 5.41) is 2.27. The van der Waals surface area contributed by atoms with Gasteiger partial charge in [0.05, 0.1) is 24.1 Å². The van der Waals surface area contributed by atoms with Gasteiger partial charge in [-0.1, -0.05) is 0 Å². The molecule has 1 saturated heterocycles. The van der Waals surface area contributed by atoms with Crippen LogP contribution in [0.15, 0.2) is 34.7 Å². The monoisotopic (exact) mass is 349 g/mol. The third-order valence-corrected chi connectivity index (χ3v) is 4.77. The molecule has 1 fully saturated rings. The van der Waals surface area contributed by atoms with Crippen LogP contribution in [0.3, 0.4) is 0 Å². The van der Waals surface area contributed by atoms with Crippen LogP contribution in [0.25, 0.3) is 16.0 Å². The van der Waals surface area contributed by atoms with E-state index in [2.05, 4.69) is 4.98 Å². The van der Waals surface area contributed by atoms with Crippen molar-refractivity contribution in [2.75, 3.05) is 31.2 Å². The lowest BCUT2D eigenvalue weighted by molar-refractivity contribution is 0.122. The van der Waals surface area contributed by atoms with E-state index in [0.717, 1.165) is 6.07 Å². The Kier molecular flexibility index (Phi) is 3.78. The fraction of sp³-hybridized carbons (Fsp3) is 0.250. The summed E-state index contributed by atoms with van der Waals surface area (Å²) in [5.74, 6) is -1.49. The van der Waals surface area contributed by atoms with E-state index >= 15 is 4.39 Å². The van der Waals surface area contributed by atoms with Crippen molar-refractivity contribution in [2.45, 2.75) is 0 Å². The van der Waals surface area contributed by atoms with Crippen LogP contribution in [0.5, 0.6) is 0 Å². The zero-order valence-corrected chi connectivity index (χ0v) is 13.4. The number of pyridine rings is 1. The molecule has 124 valence electrons. The normalized spacial score (nSPS) is 15.2. The standard InChI is InChI=1S/C16H13F2N3O2S/c17-11-9-10-12(22)1-3-21(16-19-2-8-24-16)14(10)13(18)15(11)20-4-6-23-7-5-20/h1-3,8-9H,4-7H2. The van der Waals surface area contributed by atoms with Gasteiger partial charge in [0.15, 0.2) is 16.4 Å². The summed E-state index contributed by atoms with van der Waals surface area (Å²) < 4.78 is 36.5. The van der Waals surface area contributed by atoms with Crippen molar-refractivity contribution in [3.05, 3.63) is 51.8 Å². The summed E-state index contributed by atoms with van der Waals surface area (Å²) in [6.45, 7) is 1.61. The van der Waals surface area contributed by atoms with E-state index < -0.39 is 17.1 Å². The van der Waals surface area contributed by atoms with E-state index in [1.165, 1.54) is 28.2 Å². The van der Waals surface area contributed by atoms with Crippen LogP contribution < -0.4 is 10.3 Å². The van der Waals surface area contributed by atoms with Gasteiger partial charge in [0.2, 0.25) is 0 Å². The zero-order valence-electron chi connectivity index (χ0n) is 12.5. The van der Waals surface area contributed by atoms with Gasteiger partial charge in [-0.05, 0) is 6.07 Å². The average Bonchev–Trinajstić information content (AvgIpc) is 3.11. The Bertz CT molecular complexity index is 950. The first-order chi connectivity index (χ1) is 11.7. The number of thiazole rings is 1. The summed E-state index contributed by atoms with van der Waals surface area (Å²) in [6, 6.07) is 2.40. The molecule has 1 aromatic carbocycles. The van der Waals surface area contributed by atoms with Crippen molar-refractivity contribution in [2.24, 2.45) is 0 Å². The number of hydrogen-bond donors (Lipinski definition) is 0. The van der Waals surface area contributed by atoms with E-state index in [1.807, 2.05) is 0 Å². The minimum absolute atomic E-state index is 0.000269. The molecule has 0 unspecified atom stereocenters. The van der Waals surface area contributed by atoms with E-state index in [-0.39, 0.29) is 16.6 Å². The number of halogens is 2. The van der Waals surface area contributed by atoms with Gasteiger partial charge in [-0.2, -0.15) is 0 Å². The second kappa shape index (κ2) is 5.95. The minimum Gasteiger partial charge on any atom is -0.378 e. The number of fused-ring (bicyclic) bond motifs is 1. The molecule has 0 saturated carbocycles. The van der Waals surface area contributed by atoms with Crippen LogP contribution in [-0.2, 0) is 4.74 Å². The third-order valence-electron chi connectivity index (χ3n) is 4.00. The number of anilines is 1. The number of benzene rings is 1. The highest BCUT2D eigenvalue weighted by Gasteiger charge is 2.24. The Hall–Kier alpha value is -2.32. The molecule has 1 aliphatic rings. The fourth-order valence-electron chi connectivity index (χ4n) is 2.90. The number of ether oxygens (including phenoxy) is 1. The Morgan fingerprint density at radius 1 is 1.25 bits per heavy atom. The Morgan fingerprint density at radius 2 is 2.04 bits per heavy atom. The van der Waals surface area contributed by atoms with Crippen molar-refractivity contribution in [3.63, 3.8) is 0 Å². The highest BCUT2D eigenvalue weighted by Crippen LogP contribution is 2.31. The van der Waals surface area contributed by atoms with Gasteiger partial charge in [0, 0.05) is 36.9 Å². The SMILES string of the molecule is O=c1ccn(-c2nccs2)c2c(F)c(N3CCOCC3)c(F)cc12. The summed E-state index contributed by atoms with van der Waals surface area (Å²) in [5.41, 5.74) is -0.508. The topological polar surface area (TPSA) is 47.4 Å². The largest absolute Gasteiger partial charge is 0.378 e. The number of rotatable bonds is 2. The van der Waals surface area contributed by atoms with Crippen molar-refractivity contribution >= 4 is 27.9 Å². The maximum absolute atomic E-state index is 15.2. The molecular formula is C16H13F2N3O2S. The van der Waals surface area contributed by atoms with Gasteiger partial charge in [-0.25, -0.2) is 13.8 Å². The molecule has 8 heteroatoms. The molecule has 0 bridgehead atoms. The predicted octanol–water partition coefficient (Wildman–Crippen LogP) is 2.56. The summed E-state index contributed by atoms with van der Waals surface area (Å²) in [4.78, 5) is 17.9. The molecule has 0 amide bonds. The lowest BCUT2D eigenvalue weighted by Crippen LogP contribution is -2.37. The predicted molar refractivity (Wildman–Crippen MR) is 88.2 cm³/mol. The van der Waals surface area contributed by atoms with E-state index in [9.17, 15) is 9.18 Å². The molecular weight excluding hydrogens is 336 g/mol. The first-order valence-corrected chi connectivity index (χ1v) is 8.30. The molecule has 0 spiro atoms. The van der Waals surface area contributed by atoms with Crippen LogP contribution >= 0.6 is 11.3 Å². The number of aromatic nitrogens is 2. The van der Waals surface area contributed by atoms with Gasteiger partial charge in [0.25, 0.3) is 0 Å². The molecule has 2 aromatic heterocycles. The summed E-state index contributed by atoms with van der Waals surface area (Å²) >= 11 is 1.31. The maximum atomic E-state index is 15.2. The van der Waals surface area contributed by atoms with Crippen LogP contribution in [0.4, 0.5) is 14.5 Å². The summed E-state index contributed by atoms with van der Waals surface area (Å²) in [6.07, 6.45) is 3.06. The van der Waals surface area contributed by atoms with Crippen molar-refractivity contribution in [1.29, 1.82) is 0 Å². The van der Waals surface area contributed by atoms with Gasteiger partial charge in [-0.15, -0.1) is 11.3 Å². The lowest BCUT2D eigenvalue weighted by atomic mass is 10.1. The number of nitrogens with zero attached hydrogens (tertiary/aromatic N) is 3. The highest BCUT2D eigenvalue weighted by molar-refractivity contribution is 7.12. The molecule has 3 heterocycles. The molecule has 0 N–H and O–H groups in total. The number of morpholine rings is 1. The summed E-state index contributed by atoms with van der Waals surface area (Å²) in [7, 11) is 0. The quantitative estimate of drug-likeness (QED) is 0.713. The van der Waals surface area contributed by atoms with Gasteiger partial charge in [-0.3, -0.25) is 9.36 Å². The molecule has 3 aromatic rings. The van der Waals surface area contributed by atoms with Gasteiger partial charge >= 0.3 is 0 Å². The van der Waals surface area contributed by atoms with Crippen molar-refractivity contribution < 1.29 is 13.5 Å². The van der Waals surface area contributed by atoms with E-state index in [4.69, 9.17) is 4.74 Å². The molecule has 0 radical (unpaired) electrons. The smallest absolute Gasteiger partial charge is 0.194 e. The van der Waals surface area contributed by atoms with Gasteiger partial charge < -0.3 is 9.64 Å². The van der Waals surface area contributed by atoms with Crippen molar-refractivity contribution in [3.8, 4) is 5.13 Å². The molecule has 5 nitrogen and oxygen atoms in total. The first-order valence-electron chi connectivity index (χ1n) is 7.43. The highest BCUT2D eigenvalue weighted by atomic mass is 32.1. The Morgan fingerprint density at radius 3 is 2.75 bits per heavy atom. The molecule has 0 aliphatic carbocycles. The van der Waals surface area contributed by atoms with Crippen LogP contribution in [0.2, 0.25) is 0 Å². The molecule has 24 heavy (non-hydrogen) atoms. The zero-order chi connectivity index (χ0) is 16.7. The molecule has 1 aliphatic heterocycles. The van der Waals surface area contributed by atoms with Crippen LogP contribution in [0.1, 0.15) is 0 Å². The van der Waals surface area contributed by atoms with Crippen LogP contribution in [0, 0.1) is 11.6 Å². The second-order valence-electron chi connectivity index (χ2n) is 5.38. The minimum atomic E-state index is -0.750. The maximum Gasteiger partial charge on any atom is 0.194 e. The van der Waals surface area contributed by atoms with Gasteiger partial charge in [0.1, 0.15) is 11.5 Å². The first kappa shape index (κ1) is 15.2. The Balaban J connectivity index is 2.02. The molecule has 4 rings (SSSR count). The van der Waals surface area contributed by atoms with Crippen molar-refractivity contribution in [1.82, 2.24) is 9.55 Å². The van der Waals surface area contributed by atoms with Crippen LogP contribution in [-0.4, -0.2) is 35.9 Å². The lowest BCUT2D eigenvalue weighted by Gasteiger charge is -2.29. The third kappa shape index (κ3) is 2.38. The van der Waals surface area contributed by atoms with E-state index in [0.29, 0.717) is 31.4 Å². The number of hydrogen-bond acceptors (Lipinski definition) is 5. The molecule has 0 atom stereocenters. The van der Waals surface area contributed by atoms with E-state index in [1.54, 1.807) is 16.5 Å². The Labute approximate surface area is 139 Å².